The first-order chi connectivity index (χ1) is 10.1. The number of hydrogen-bond donors (Lipinski definition) is 3. The number of aromatic amines is 1. The van der Waals surface area contributed by atoms with Crippen molar-refractivity contribution in [2.75, 3.05) is 11.9 Å². The van der Waals surface area contributed by atoms with Crippen LogP contribution in [-0.2, 0) is 0 Å². The van der Waals surface area contributed by atoms with Crippen molar-refractivity contribution >= 4 is 11.6 Å². The Kier molecular flexibility index (Phi) is 4.54. The van der Waals surface area contributed by atoms with E-state index in [9.17, 15) is 9.59 Å². The maximum atomic E-state index is 12.1. The van der Waals surface area contributed by atoms with Crippen LogP contribution in [0.5, 0.6) is 0 Å². The van der Waals surface area contributed by atoms with Crippen LogP contribution in [0.3, 0.4) is 0 Å². The number of H-pyrrole nitrogens is 1. The van der Waals surface area contributed by atoms with Crippen molar-refractivity contribution in [3.05, 3.63) is 63.6 Å². The fourth-order valence-corrected chi connectivity index (χ4v) is 1.79. The van der Waals surface area contributed by atoms with Gasteiger partial charge >= 0.3 is 0 Å². The van der Waals surface area contributed by atoms with Gasteiger partial charge in [0.05, 0.1) is 12.2 Å². The van der Waals surface area contributed by atoms with E-state index in [1.165, 1.54) is 18.2 Å². The Morgan fingerprint density at radius 2 is 2.14 bits per heavy atom. The maximum absolute atomic E-state index is 12.1. The van der Waals surface area contributed by atoms with Crippen LogP contribution in [0.4, 0.5) is 5.69 Å². The molecule has 4 N–H and O–H groups in total. The number of benzene rings is 1. The largest absolute Gasteiger partial charge is 0.320 e. The van der Waals surface area contributed by atoms with Crippen LogP contribution in [0, 0.1) is 18.8 Å². The molecule has 1 heterocycles. The van der Waals surface area contributed by atoms with Gasteiger partial charge in [0, 0.05) is 11.6 Å². The van der Waals surface area contributed by atoms with Gasteiger partial charge in [0.15, 0.2) is 0 Å². The van der Waals surface area contributed by atoms with E-state index in [1.54, 1.807) is 6.07 Å². The molecule has 0 aliphatic carbocycles. The number of pyridine rings is 1. The van der Waals surface area contributed by atoms with Crippen molar-refractivity contribution in [1.29, 1.82) is 0 Å². The molecule has 2 rings (SSSR count). The Hall–Kier alpha value is -2.84. The van der Waals surface area contributed by atoms with Gasteiger partial charge in [0.2, 0.25) is 5.56 Å². The second-order valence-electron chi connectivity index (χ2n) is 4.44. The average molecular weight is 281 g/mol. The van der Waals surface area contributed by atoms with Crippen molar-refractivity contribution in [2.24, 2.45) is 5.73 Å². The van der Waals surface area contributed by atoms with Crippen LogP contribution in [0.1, 0.15) is 21.6 Å². The molecule has 0 saturated heterocycles. The minimum Gasteiger partial charge on any atom is -0.320 e. The first-order valence-electron chi connectivity index (χ1n) is 6.40. The summed E-state index contributed by atoms with van der Waals surface area (Å²) in [5.74, 6) is 5.29. The first kappa shape index (κ1) is 14.6. The predicted octanol–water partition coefficient (Wildman–Crippen LogP) is 1.25. The van der Waals surface area contributed by atoms with E-state index < -0.39 is 5.91 Å². The number of aromatic nitrogens is 1. The average Bonchev–Trinajstić information content (AvgIpc) is 2.47. The highest BCUT2D eigenvalue weighted by Crippen LogP contribution is 2.17. The van der Waals surface area contributed by atoms with Gasteiger partial charge < -0.3 is 16.0 Å². The lowest BCUT2D eigenvalue weighted by atomic mass is 10.1. The quantitative estimate of drug-likeness (QED) is 0.724. The lowest BCUT2D eigenvalue weighted by Crippen LogP contribution is -2.18. The summed E-state index contributed by atoms with van der Waals surface area (Å²) >= 11 is 0. The third-order valence-electron chi connectivity index (χ3n) is 2.76. The van der Waals surface area contributed by atoms with Crippen LogP contribution < -0.4 is 16.6 Å². The molecule has 0 aliphatic rings. The van der Waals surface area contributed by atoms with Gasteiger partial charge in [-0.1, -0.05) is 24.0 Å². The van der Waals surface area contributed by atoms with Crippen LogP contribution in [-0.4, -0.2) is 17.4 Å². The third-order valence-corrected chi connectivity index (χ3v) is 2.76. The summed E-state index contributed by atoms with van der Waals surface area (Å²) in [5.41, 5.74) is 7.54. The van der Waals surface area contributed by atoms with Crippen molar-refractivity contribution < 1.29 is 4.79 Å². The maximum Gasteiger partial charge on any atom is 0.272 e. The number of amides is 1. The lowest BCUT2D eigenvalue weighted by molar-refractivity contribution is 0.102. The lowest BCUT2D eigenvalue weighted by Gasteiger charge is -2.08. The minimum absolute atomic E-state index is 0.195. The monoisotopic (exact) mass is 281 g/mol. The molecule has 1 aromatic carbocycles. The summed E-state index contributed by atoms with van der Waals surface area (Å²) in [6, 6.07) is 9.92. The number of carbonyl (C=O) groups excluding carboxylic acids is 1. The smallest absolute Gasteiger partial charge is 0.272 e. The second kappa shape index (κ2) is 6.55. The fourth-order valence-electron chi connectivity index (χ4n) is 1.79. The molecule has 1 amide bonds. The number of anilines is 1. The van der Waals surface area contributed by atoms with Gasteiger partial charge in [-0.05, 0) is 30.7 Å². The highest BCUT2D eigenvalue weighted by atomic mass is 16.2. The highest BCUT2D eigenvalue weighted by Gasteiger charge is 2.09. The van der Waals surface area contributed by atoms with Gasteiger partial charge in [0.25, 0.3) is 5.91 Å². The molecule has 5 heteroatoms. The van der Waals surface area contributed by atoms with Gasteiger partial charge in [-0.2, -0.15) is 0 Å². The normalized spacial score (nSPS) is 9.62. The van der Waals surface area contributed by atoms with E-state index in [-0.39, 0.29) is 17.8 Å². The molecular formula is C16H15N3O2. The Bertz CT molecular complexity index is 782. The fraction of sp³-hybridized carbons (Fsp3) is 0.125. The van der Waals surface area contributed by atoms with Crippen LogP contribution in [0.15, 0.2) is 41.2 Å². The number of hydrogen-bond acceptors (Lipinski definition) is 3. The molecule has 0 saturated carbocycles. The second-order valence-corrected chi connectivity index (χ2v) is 4.44. The summed E-state index contributed by atoms with van der Waals surface area (Å²) in [4.78, 5) is 25.8. The number of carbonyl (C=O) groups is 1. The Morgan fingerprint density at radius 3 is 2.86 bits per heavy atom. The Morgan fingerprint density at radius 1 is 1.33 bits per heavy atom. The Labute approximate surface area is 122 Å². The van der Waals surface area contributed by atoms with Crippen molar-refractivity contribution in [2.45, 2.75) is 6.92 Å². The number of nitrogens with two attached hydrogens (primary N) is 1. The zero-order valence-corrected chi connectivity index (χ0v) is 11.6. The van der Waals surface area contributed by atoms with Crippen LogP contribution >= 0.6 is 0 Å². The summed E-state index contributed by atoms with van der Waals surface area (Å²) in [7, 11) is 0. The summed E-state index contributed by atoms with van der Waals surface area (Å²) in [5, 5.41) is 2.74. The molecule has 21 heavy (non-hydrogen) atoms. The van der Waals surface area contributed by atoms with Gasteiger partial charge in [-0.25, -0.2) is 0 Å². The van der Waals surface area contributed by atoms with E-state index in [1.807, 2.05) is 19.1 Å². The molecule has 0 atom stereocenters. The standard InChI is InChI=1S/C16H15N3O2/c1-11-7-8-13(12(10-11)4-3-9-17)19-16(21)14-5-2-6-15(20)18-14/h2,5-8,10H,9,17H2,1H3,(H,18,20)(H,19,21). The van der Waals surface area contributed by atoms with Crippen molar-refractivity contribution in [3.63, 3.8) is 0 Å². The van der Waals surface area contributed by atoms with Gasteiger partial charge in [-0.15, -0.1) is 0 Å². The van der Waals surface area contributed by atoms with Crippen molar-refractivity contribution in [3.8, 4) is 11.8 Å². The molecule has 0 radical (unpaired) electrons. The summed E-state index contributed by atoms with van der Waals surface area (Å²) in [6.07, 6.45) is 0. The molecule has 2 aromatic rings. The van der Waals surface area contributed by atoms with E-state index in [0.29, 0.717) is 11.3 Å². The summed E-state index contributed by atoms with van der Waals surface area (Å²) < 4.78 is 0. The van der Waals surface area contributed by atoms with Gasteiger partial charge in [-0.3, -0.25) is 9.59 Å². The van der Waals surface area contributed by atoms with Crippen LogP contribution in [0.25, 0.3) is 0 Å². The molecule has 0 spiro atoms. The molecule has 5 nitrogen and oxygen atoms in total. The SMILES string of the molecule is Cc1ccc(NC(=O)c2cccc(=O)[nH]2)c(C#CCN)c1. The zero-order valence-electron chi connectivity index (χ0n) is 11.6. The molecule has 0 aliphatic heterocycles. The number of nitrogens with one attached hydrogen (secondary N) is 2. The molecule has 0 bridgehead atoms. The van der Waals surface area contributed by atoms with E-state index >= 15 is 0 Å². The van der Waals surface area contributed by atoms with E-state index in [4.69, 9.17) is 5.73 Å². The predicted molar refractivity (Wildman–Crippen MR) is 82.1 cm³/mol. The number of aryl methyl sites for hydroxylation is 1. The van der Waals surface area contributed by atoms with Gasteiger partial charge in [0.1, 0.15) is 5.69 Å². The molecule has 0 fully saturated rings. The first-order valence-corrected chi connectivity index (χ1v) is 6.40. The third kappa shape index (κ3) is 3.81. The Balaban J connectivity index is 2.31. The molecule has 1 aromatic heterocycles. The van der Waals surface area contributed by atoms with E-state index in [0.717, 1.165) is 5.56 Å². The van der Waals surface area contributed by atoms with Crippen molar-refractivity contribution in [1.82, 2.24) is 4.98 Å². The van der Waals surface area contributed by atoms with E-state index in [2.05, 4.69) is 22.1 Å². The molecular weight excluding hydrogens is 266 g/mol. The molecule has 0 unspecified atom stereocenters. The molecule has 106 valence electrons. The number of rotatable bonds is 2. The highest BCUT2D eigenvalue weighted by molar-refractivity contribution is 6.03. The summed E-state index contributed by atoms with van der Waals surface area (Å²) in [6.45, 7) is 2.18. The minimum atomic E-state index is -0.396. The zero-order chi connectivity index (χ0) is 15.2. The topological polar surface area (TPSA) is 88.0 Å². The van der Waals surface area contributed by atoms with Crippen LogP contribution in [0.2, 0.25) is 0 Å².